The van der Waals surface area contributed by atoms with Gasteiger partial charge in [0.05, 0.1) is 18.2 Å². The molecule has 0 aromatic carbocycles. The summed E-state index contributed by atoms with van der Waals surface area (Å²) in [4.78, 5) is 26.1. The van der Waals surface area contributed by atoms with E-state index in [0.717, 1.165) is 6.42 Å². The number of Topliss-reactive ketones (excluding diaryl/α,β-unsaturated/α-hetero) is 1. The summed E-state index contributed by atoms with van der Waals surface area (Å²) in [5.74, 6) is -1.15. The zero-order valence-corrected chi connectivity index (χ0v) is 19.5. The Kier molecular flexibility index (Phi) is 8.24. The minimum absolute atomic E-state index is 0.0260. The molecule has 178 valence electrons. The van der Waals surface area contributed by atoms with Crippen molar-refractivity contribution in [2.75, 3.05) is 7.05 Å². The number of carbonyl (C=O) groups excluding carboxylic acids is 2. The summed E-state index contributed by atoms with van der Waals surface area (Å²) >= 11 is 0. The van der Waals surface area contributed by atoms with E-state index < -0.39 is 18.1 Å². The maximum Gasteiger partial charge on any atom is 0.261 e. The van der Waals surface area contributed by atoms with Crippen LogP contribution in [0.1, 0.15) is 27.2 Å². The average molecular weight is 456 g/mol. The van der Waals surface area contributed by atoms with E-state index in [2.05, 4.69) is 0 Å². The van der Waals surface area contributed by atoms with Crippen LogP contribution in [0.3, 0.4) is 0 Å². The molecule has 3 aliphatic heterocycles. The summed E-state index contributed by atoms with van der Waals surface area (Å²) in [6.45, 7) is 5.72. The first-order chi connectivity index (χ1) is 15.7. The van der Waals surface area contributed by atoms with E-state index in [-0.39, 0.29) is 47.4 Å². The number of allylic oxidation sites excluding steroid dienone is 9. The van der Waals surface area contributed by atoms with Gasteiger partial charge in [-0.25, -0.2) is 0 Å². The van der Waals surface area contributed by atoms with E-state index in [0.29, 0.717) is 0 Å². The van der Waals surface area contributed by atoms with Gasteiger partial charge >= 0.3 is 0 Å². The number of aliphatic hydroxyl groups is 2. The maximum atomic E-state index is 12.5. The number of ketones is 1. The highest BCUT2D eigenvalue weighted by Crippen LogP contribution is 2.34. The minimum Gasteiger partial charge on any atom is -0.507 e. The lowest BCUT2D eigenvalue weighted by Gasteiger charge is -2.20. The topological polar surface area (TPSA) is 96.3 Å². The number of hydrogen-bond donors (Lipinski definition) is 2. The molecule has 0 radical (unpaired) electrons. The number of likely N-dealkylation sites (tertiary alicyclic amines) is 1. The first kappa shape index (κ1) is 24.9. The van der Waals surface area contributed by atoms with Crippen molar-refractivity contribution in [3.63, 3.8) is 0 Å². The van der Waals surface area contributed by atoms with Crippen LogP contribution in [-0.4, -0.2) is 70.4 Å². The van der Waals surface area contributed by atoms with Crippen LogP contribution >= 0.6 is 0 Å². The van der Waals surface area contributed by atoms with Crippen LogP contribution in [0.4, 0.5) is 0 Å². The van der Waals surface area contributed by atoms with Crippen molar-refractivity contribution in [1.29, 1.82) is 0 Å². The Bertz CT molecular complexity index is 925. The Morgan fingerprint density at radius 3 is 2.21 bits per heavy atom. The van der Waals surface area contributed by atoms with Gasteiger partial charge in [0.1, 0.15) is 29.6 Å². The molecule has 0 spiro atoms. The fourth-order valence-electron chi connectivity index (χ4n) is 4.44. The Balaban J connectivity index is 1.46. The van der Waals surface area contributed by atoms with E-state index in [1.807, 2.05) is 51.2 Å². The predicted octanol–water partition coefficient (Wildman–Crippen LogP) is 2.95. The maximum absolute atomic E-state index is 12.5. The van der Waals surface area contributed by atoms with Crippen molar-refractivity contribution < 1.29 is 29.3 Å². The third-order valence-electron chi connectivity index (χ3n) is 6.01. The second-order valence-electron chi connectivity index (χ2n) is 8.90. The molecule has 3 fully saturated rings. The number of aliphatic hydroxyl groups excluding tert-OH is 2. The van der Waals surface area contributed by atoms with E-state index in [9.17, 15) is 19.8 Å². The third kappa shape index (κ3) is 5.61. The molecule has 3 heterocycles. The second-order valence-corrected chi connectivity index (χ2v) is 8.90. The van der Waals surface area contributed by atoms with Crippen molar-refractivity contribution in [3.05, 3.63) is 72.1 Å². The van der Waals surface area contributed by atoms with E-state index in [4.69, 9.17) is 9.47 Å². The Morgan fingerprint density at radius 2 is 1.64 bits per heavy atom. The van der Waals surface area contributed by atoms with Gasteiger partial charge in [-0.1, -0.05) is 68.5 Å². The number of likely N-dealkylation sites (N-methyl/N-ethyl adjacent to an activating group) is 1. The lowest BCUT2D eigenvalue weighted by atomic mass is 9.98. The van der Waals surface area contributed by atoms with E-state index in [1.54, 1.807) is 31.4 Å². The molecule has 0 aromatic heterocycles. The zero-order chi connectivity index (χ0) is 24.1. The van der Waals surface area contributed by atoms with Gasteiger partial charge in [0, 0.05) is 13.5 Å². The number of rotatable bonds is 7. The van der Waals surface area contributed by atoms with E-state index in [1.165, 1.54) is 11.0 Å². The van der Waals surface area contributed by atoms with Crippen LogP contribution in [-0.2, 0) is 19.1 Å². The average Bonchev–Trinajstić information content (AvgIpc) is 3.33. The first-order valence-electron chi connectivity index (χ1n) is 11.3. The molecule has 7 nitrogen and oxygen atoms in total. The van der Waals surface area contributed by atoms with Crippen LogP contribution in [0.25, 0.3) is 0 Å². The molecular weight excluding hydrogens is 422 g/mol. The minimum atomic E-state index is -0.646. The fourth-order valence-corrected chi connectivity index (χ4v) is 4.44. The molecule has 3 aliphatic rings. The van der Waals surface area contributed by atoms with Gasteiger partial charge in [-0.3, -0.25) is 9.59 Å². The Labute approximate surface area is 195 Å². The largest absolute Gasteiger partial charge is 0.507 e. The quantitative estimate of drug-likeness (QED) is 0.265. The molecule has 2 N–H and O–H groups in total. The third-order valence-corrected chi connectivity index (χ3v) is 6.01. The smallest absolute Gasteiger partial charge is 0.261 e. The van der Waals surface area contributed by atoms with Crippen molar-refractivity contribution >= 4 is 11.7 Å². The van der Waals surface area contributed by atoms with Gasteiger partial charge in [-0.15, -0.1) is 0 Å². The van der Waals surface area contributed by atoms with Gasteiger partial charge in [0.15, 0.2) is 5.78 Å². The van der Waals surface area contributed by atoms with E-state index >= 15 is 0 Å². The van der Waals surface area contributed by atoms with Crippen LogP contribution in [0.15, 0.2) is 72.1 Å². The highest BCUT2D eigenvalue weighted by atomic mass is 16.6. The fraction of sp³-hybridized carbons (Fsp3) is 0.462. The van der Waals surface area contributed by atoms with Crippen LogP contribution in [0.2, 0.25) is 0 Å². The van der Waals surface area contributed by atoms with Crippen molar-refractivity contribution in [2.45, 2.75) is 63.8 Å². The standard InChI is InChI=1S/C26H33NO6/c1-16(2)22-24(30)21(26(31)27(22)4)18(28)13-11-9-7-5-6-8-10-12-14-19-23(29)25-20(33-19)15-17(3)32-25/h5-14,16-17,19-20,22-23,25,28-29H,15H2,1-4H3/b6-5+,9-7+,10-8+,13-11+,14-12+,21-18-/t17-,19+,20-,22?,23-,25+/m1/s1. The number of nitrogens with zero attached hydrogens (tertiary/aromatic N) is 1. The number of amides is 1. The predicted molar refractivity (Wildman–Crippen MR) is 125 cm³/mol. The van der Waals surface area contributed by atoms with Gasteiger partial charge in [-0.05, 0) is 18.9 Å². The molecule has 3 saturated heterocycles. The van der Waals surface area contributed by atoms with Crippen molar-refractivity contribution in [2.24, 2.45) is 5.92 Å². The summed E-state index contributed by atoms with van der Waals surface area (Å²) < 4.78 is 11.5. The molecule has 33 heavy (non-hydrogen) atoms. The number of carbonyl (C=O) groups is 2. The van der Waals surface area contributed by atoms with Crippen LogP contribution < -0.4 is 0 Å². The summed E-state index contributed by atoms with van der Waals surface area (Å²) in [5.41, 5.74) is -0.160. The van der Waals surface area contributed by atoms with Gasteiger partial charge in [-0.2, -0.15) is 0 Å². The molecule has 0 aliphatic carbocycles. The van der Waals surface area contributed by atoms with Crippen LogP contribution in [0.5, 0.6) is 0 Å². The SMILES string of the molecule is CC(C)C1C(=O)\C(=C(O)/C=C/C=C/C=C/C=C/C=C/[C@@H]2O[C@@H]3C[C@@H](C)O[C@@H]3[C@@H]2O)C(=O)N1C. The first-order valence-corrected chi connectivity index (χ1v) is 11.3. The Morgan fingerprint density at radius 1 is 1.03 bits per heavy atom. The lowest BCUT2D eigenvalue weighted by Crippen LogP contribution is -2.36. The van der Waals surface area contributed by atoms with Crippen molar-refractivity contribution in [1.82, 2.24) is 4.90 Å². The molecule has 0 bridgehead atoms. The molecular formula is C26H33NO6. The van der Waals surface area contributed by atoms with Crippen molar-refractivity contribution in [3.8, 4) is 0 Å². The van der Waals surface area contributed by atoms with Gasteiger partial charge in [0.2, 0.25) is 0 Å². The second kappa shape index (κ2) is 10.9. The molecule has 6 atom stereocenters. The molecule has 1 amide bonds. The number of fused-ring (bicyclic) bond motifs is 1. The normalized spacial score (nSPS) is 34.7. The molecule has 0 aromatic rings. The molecule has 3 rings (SSSR count). The Hall–Kier alpha value is -2.74. The molecule has 7 heteroatoms. The van der Waals surface area contributed by atoms with Gasteiger partial charge < -0.3 is 24.6 Å². The molecule has 0 saturated carbocycles. The summed E-state index contributed by atoms with van der Waals surface area (Å²) in [5, 5.41) is 20.5. The zero-order valence-electron chi connectivity index (χ0n) is 19.5. The summed E-state index contributed by atoms with van der Waals surface area (Å²) in [6.07, 6.45) is 17.0. The molecule has 1 unspecified atom stereocenters. The summed E-state index contributed by atoms with van der Waals surface area (Å²) in [7, 11) is 1.57. The highest BCUT2D eigenvalue weighted by molar-refractivity contribution is 6.27. The highest BCUT2D eigenvalue weighted by Gasteiger charge is 2.48. The number of ether oxygens (including phenoxy) is 2. The number of hydrogen-bond acceptors (Lipinski definition) is 6. The summed E-state index contributed by atoms with van der Waals surface area (Å²) in [6, 6.07) is -0.539. The monoisotopic (exact) mass is 455 g/mol. The van der Waals surface area contributed by atoms with Crippen LogP contribution in [0, 0.1) is 5.92 Å². The lowest BCUT2D eigenvalue weighted by molar-refractivity contribution is -0.126. The van der Waals surface area contributed by atoms with Gasteiger partial charge in [0.25, 0.3) is 5.91 Å².